The van der Waals surface area contributed by atoms with Gasteiger partial charge in [0.25, 0.3) is 0 Å². The zero-order valence-electron chi connectivity index (χ0n) is 12.6. The van der Waals surface area contributed by atoms with Crippen LogP contribution in [0.3, 0.4) is 0 Å². The van der Waals surface area contributed by atoms with E-state index < -0.39 is 0 Å². The Balaban J connectivity index is 2.39. The maximum absolute atomic E-state index is 4.45. The Morgan fingerprint density at radius 2 is 1.75 bits per heavy atom. The summed E-state index contributed by atoms with van der Waals surface area (Å²) in [5.74, 6) is 1.85. The molecule has 20 heavy (non-hydrogen) atoms. The van der Waals surface area contributed by atoms with E-state index in [0.29, 0.717) is 0 Å². The average molecular weight is 270 g/mol. The highest BCUT2D eigenvalue weighted by Crippen LogP contribution is 2.28. The molecule has 4 nitrogen and oxygen atoms in total. The summed E-state index contributed by atoms with van der Waals surface area (Å²) in [5.41, 5.74) is 3.62. The fourth-order valence-electron chi connectivity index (χ4n) is 2.31. The molecule has 0 unspecified atom stereocenters. The van der Waals surface area contributed by atoms with Gasteiger partial charge in [-0.3, -0.25) is 0 Å². The highest BCUT2D eigenvalue weighted by molar-refractivity contribution is 5.66. The van der Waals surface area contributed by atoms with Crippen LogP contribution in [0.4, 0.5) is 17.3 Å². The largest absolute Gasteiger partial charge is 0.373 e. The third-order valence-electron chi connectivity index (χ3n) is 3.56. The molecule has 1 heterocycles. The smallest absolute Gasteiger partial charge is 0.141 e. The molecule has 2 rings (SSSR count). The van der Waals surface area contributed by atoms with Gasteiger partial charge in [-0.2, -0.15) is 0 Å². The van der Waals surface area contributed by atoms with E-state index in [0.717, 1.165) is 35.7 Å². The topological polar surface area (TPSA) is 41.1 Å². The van der Waals surface area contributed by atoms with Gasteiger partial charge in [0.05, 0.1) is 0 Å². The minimum absolute atomic E-state index is 0.893. The minimum atomic E-state index is 0.893. The van der Waals surface area contributed by atoms with Gasteiger partial charge in [-0.1, -0.05) is 26.0 Å². The molecule has 0 aliphatic rings. The van der Waals surface area contributed by atoms with Crippen molar-refractivity contribution in [3.63, 3.8) is 0 Å². The van der Waals surface area contributed by atoms with Crippen molar-refractivity contribution >= 4 is 17.3 Å². The van der Waals surface area contributed by atoms with Crippen LogP contribution in [0.1, 0.15) is 25.0 Å². The van der Waals surface area contributed by atoms with E-state index in [4.69, 9.17) is 0 Å². The Bertz CT molecular complexity index is 563. The number of nitrogens with one attached hydrogen (secondary N) is 1. The van der Waals surface area contributed by atoms with Crippen LogP contribution in [0.2, 0.25) is 0 Å². The van der Waals surface area contributed by atoms with Gasteiger partial charge in [-0.05, 0) is 30.5 Å². The summed E-state index contributed by atoms with van der Waals surface area (Å²) in [6.45, 7) is 4.29. The van der Waals surface area contributed by atoms with Gasteiger partial charge in [-0.25, -0.2) is 9.97 Å². The van der Waals surface area contributed by atoms with Crippen molar-refractivity contribution in [1.82, 2.24) is 9.97 Å². The highest BCUT2D eigenvalue weighted by atomic mass is 15.2. The number of hydrogen-bond donors (Lipinski definition) is 1. The van der Waals surface area contributed by atoms with E-state index in [2.05, 4.69) is 58.3 Å². The molecule has 0 radical (unpaired) electrons. The Hall–Kier alpha value is -2.10. The van der Waals surface area contributed by atoms with Gasteiger partial charge >= 0.3 is 0 Å². The van der Waals surface area contributed by atoms with E-state index in [-0.39, 0.29) is 0 Å². The zero-order valence-corrected chi connectivity index (χ0v) is 12.6. The number of anilines is 3. The number of rotatable bonds is 5. The lowest BCUT2D eigenvalue weighted by atomic mass is 10.1. The molecular weight excluding hydrogens is 248 g/mol. The molecule has 0 saturated heterocycles. The number of benzene rings is 1. The SMILES string of the molecule is CCc1ccc(N(C)c2ncnc(NC)c2CC)cc1. The van der Waals surface area contributed by atoms with E-state index in [1.54, 1.807) is 6.33 Å². The fourth-order valence-corrected chi connectivity index (χ4v) is 2.31. The predicted molar refractivity (Wildman–Crippen MR) is 84.8 cm³/mol. The first-order valence-electron chi connectivity index (χ1n) is 7.05. The monoisotopic (exact) mass is 270 g/mol. The molecule has 0 spiro atoms. The van der Waals surface area contributed by atoms with Crippen molar-refractivity contribution < 1.29 is 0 Å². The van der Waals surface area contributed by atoms with Crippen LogP contribution >= 0.6 is 0 Å². The van der Waals surface area contributed by atoms with Crippen molar-refractivity contribution in [2.45, 2.75) is 26.7 Å². The van der Waals surface area contributed by atoms with Gasteiger partial charge in [0.2, 0.25) is 0 Å². The normalized spacial score (nSPS) is 10.4. The van der Waals surface area contributed by atoms with Gasteiger partial charge in [0, 0.05) is 25.3 Å². The Morgan fingerprint density at radius 1 is 1.05 bits per heavy atom. The second kappa shape index (κ2) is 6.37. The Morgan fingerprint density at radius 3 is 2.30 bits per heavy atom. The lowest BCUT2D eigenvalue weighted by Gasteiger charge is -2.22. The fraction of sp³-hybridized carbons (Fsp3) is 0.375. The summed E-state index contributed by atoms with van der Waals surface area (Å²) in [6.07, 6.45) is 3.56. The summed E-state index contributed by atoms with van der Waals surface area (Å²) in [4.78, 5) is 10.8. The van der Waals surface area contributed by atoms with E-state index in [1.807, 2.05) is 14.1 Å². The first-order valence-corrected chi connectivity index (χ1v) is 7.05. The highest BCUT2D eigenvalue weighted by Gasteiger charge is 2.13. The lowest BCUT2D eigenvalue weighted by Crippen LogP contribution is -2.15. The minimum Gasteiger partial charge on any atom is -0.373 e. The molecule has 0 amide bonds. The lowest BCUT2D eigenvalue weighted by molar-refractivity contribution is 0.999. The van der Waals surface area contributed by atoms with Crippen LogP contribution in [-0.2, 0) is 12.8 Å². The Kier molecular flexibility index (Phi) is 4.56. The second-order valence-electron chi connectivity index (χ2n) is 4.71. The van der Waals surface area contributed by atoms with Gasteiger partial charge in [0.15, 0.2) is 0 Å². The molecule has 4 heteroatoms. The molecule has 0 fully saturated rings. The van der Waals surface area contributed by atoms with E-state index in [1.165, 1.54) is 5.56 Å². The van der Waals surface area contributed by atoms with Crippen LogP contribution in [0.15, 0.2) is 30.6 Å². The maximum Gasteiger partial charge on any atom is 0.141 e. The number of nitrogens with zero attached hydrogens (tertiary/aromatic N) is 3. The maximum atomic E-state index is 4.45. The Labute approximate surface area is 120 Å². The van der Waals surface area contributed by atoms with Crippen molar-refractivity contribution in [2.75, 3.05) is 24.3 Å². The third-order valence-corrected chi connectivity index (χ3v) is 3.56. The van der Waals surface area contributed by atoms with E-state index in [9.17, 15) is 0 Å². The zero-order chi connectivity index (χ0) is 14.5. The number of hydrogen-bond acceptors (Lipinski definition) is 4. The standard InChI is InChI=1S/C16H22N4/c1-5-12-7-9-13(10-8-12)20(4)16-14(6-2)15(17-3)18-11-19-16/h7-11H,5-6H2,1-4H3,(H,17,18,19). The van der Waals surface area contributed by atoms with Crippen molar-refractivity contribution in [3.8, 4) is 0 Å². The van der Waals surface area contributed by atoms with Crippen molar-refractivity contribution in [1.29, 1.82) is 0 Å². The van der Waals surface area contributed by atoms with Crippen molar-refractivity contribution in [2.24, 2.45) is 0 Å². The summed E-state index contributed by atoms with van der Waals surface area (Å²) in [5, 5.41) is 3.13. The molecule has 1 N–H and O–H groups in total. The molecule has 0 aliphatic carbocycles. The van der Waals surface area contributed by atoms with Crippen LogP contribution in [0, 0.1) is 0 Å². The van der Waals surface area contributed by atoms with Gasteiger partial charge in [-0.15, -0.1) is 0 Å². The molecule has 1 aromatic heterocycles. The molecular formula is C16H22N4. The first kappa shape index (κ1) is 14.3. The predicted octanol–water partition coefficient (Wildman–Crippen LogP) is 3.41. The second-order valence-corrected chi connectivity index (χ2v) is 4.71. The molecule has 0 bridgehead atoms. The van der Waals surface area contributed by atoms with Crippen molar-refractivity contribution in [3.05, 3.63) is 41.7 Å². The van der Waals surface area contributed by atoms with Crippen LogP contribution in [0.25, 0.3) is 0 Å². The summed E-state index contributed by atoms with van der Waals surface area (Å²) in [7, 11) is 3.93. The molecule has 0 atom stereocenters. The molecule has 106 valence electrons. The quantitative estimate of drug-likeness (QED) is 0.904. The molecule has 0 saturated carbocycles. The van der Waals surface area contributed by atoms with Gasteiger partial charge < -0.3 is 10.2 Å². The molecule has 1 aromatic carbocycles. The van der Waals surface area contributed by atoms with Gasteiger partial charge in [0.1, 0.15) is 18.0 Å². The summed E-state index contributed by atoms with van der Waals surface area (Å²) >= 11 is 0. The summed E-state index contributed by atoms with van der Waals surface area (Å²) in [6, 6.07) is 8.61. The summed E-state index contributed by atoms with van der Waals surface area (Å²) < 4.78 is 0. The molecule has 2 aromatic rings. The average Bonchev–Trinajstić information content (AvgIpc) is 2.53. The van der Waals surface area contributed by atoms with Crippen LogP contribution < -0.4 is 10.2 Å². The van der Waals surface area contributed by atoms with E-state index >= 15 is 0 Å². The third kappa shape index (κ3) is 2.74. The molecule has 0 aliphatic heterocycles. The van der Waals surface area contributed by atoms with Crippen LogP contribution in [-0.4, -0.2) is 24.1 Å². The van der Waals surface area contributed by atoms with Crippen LogP contribution in [0.5, 0.6) is 0 Å². The number of aromatic nitrogens is 2. The first-order chi connectivity index (χ1) is 9.71. The number of aryl methyl sites for hydroxylation is 1.